The van der Waals surface area contributed by atoms with Gasteiger partial charge in [-0.2, -0.15) is 0 Å². The van der Waals surface area contributed by atoms with E-state index in [0.717, 1.165) is 44.3 Å². The van der Waals surface area contributed by atoms with Crippen LogP contribution in [0.2, 0.25) is 0 Å². The van der Waals surface area contributed by atoms with E-state index in [9.17, 15) is 19.8 Å². The molecular weight excluding hydrogens is 712 g/mol. The summed E-state index contributed by atoms with van der Waals surface area (Å²) >= 11 is 6.62. The largest absolute Gasteiger partial charge is 0.494 e. The van der Waals surface area contributed by atoms with Gasteiger partial charge >= 0.3 is 11.9 Å². The molecule has 2 saturated carbocycles. The molecule has 2 fully saturated rings. The van der Waals surface area contributed by atoms with E-state index in [1.54, 1.807) is 12.1 Å². The monoisotopic (exact) mass is 787 g/mol. The van der Waals surface area contributed by atoms with Gasteiger partial charge in [-0.1, -0.05) is 122 Å². The smallest absolute Gasteiger partial charge is 0.338 e. The molecule has 2 aliphatic rings. The minimum absolute atomic E-state index is 0.0174. The number of carbonyl (C=O) groups excluding carboxylic acids is 2. The summed E-state index contributed by atoms with van der Waals surface area (Å²) in [6.45, 7) is 5.50. The fraction of sp³-hybridized carbons (Fsp3) is 0.745. The molecule has 8 heteroatoms. The van der Waals surface area contributed by atoms with Crippen molar-refractivity contribution in [2.45, 2.75) is 186 Å². The summed E-state index contributed by atoms with van der Waals surface area (Å²) in [6, 6.07) is 7.07. The minimum atomic E-state index is -0.466. The van der Waals surface area contributed by atoms with E-state index >= 15 is 0 Å². The highest BCUT2D eigenvalue weighted by molar-refractivity contribution is 6.21. The molecule has 1 aromatic carbocycles. The Kier molecular flexibility index (Phi) is 24.0. The molecule has 312 valence electrons. The Morgan fingerprint density at radius 2 is 1.45 bits per heavy atom. The zero-order valence-corrected chi connectivity index (χ0v) is 35.2. The quantitative estimate of drug-likeness (QED) is 0.0334. The van der Waals surface area contributed by atoms with Gasteiger partial charge in [0.15, 0.2) is 0 Å². The first-order valence-electron chi connectivity index (χ1n) is 22.2. The highest BCUT2D eigenvalue weighted by atomic mass is 35.5. The number of ether oxygens (including phenoxy) is 3. The molecule has 3 rings (SSSR count). The van der Waals surface area contributed by atoms with Crippen molar-refractivity contribution in [3.63, 3.8) is 0 Å². The Labute approximate surface area is 339 Å². The maximum Gasteiger partial charge on any atom is 0.338 e. The van der Waals surface area contributed by atoms with Crippen molar-refractivity contribution < 1.29 is 34.0 Å². The molecule has 0 saturated heterocycles. The number of alkyl halides is 1. The van der Waals surface area contributed by atoms with Crippen LogP contribution in [0.3, 0.4) is 0 Å². The first-order chi connectivity index (χ1) is 26.8. The number of hydrogen-bond donors (Lipinski definition) is 2. The number of aliphatic hydroxyl groups is 2. The topological polar surface area (TPSA) is 102 Å². The summed E-state index contributed by atoms with van der Waals surface area (Å²) in [4.78, 5) is 24.6. The van der Waals surface area contributed by atoms with E-state index in [0.29, 0.717) is 44.3 Å². The molecule has 5 atom stereocenters. The number of unbranched alkanes of at least 4 members (excludes halogenated alkanes) is 13. The average Bonchev–Trinajstić information content (AvgIpc) is 3.43. The van der Waals surface area contributed by atoms with Gasteiger partial charge in [-0.25, -0.2) is 4.79 Å². The summed E-state index contributed by atoms with van der Waals surface area (Å²) in [5.74, 6) is 0.225. The zero-order valence-electron chi connectivity index (χ0n) is 34.4. The Hall–Kier alpha value is -2.35. The number of allylic oxidation sites excluding steroid dienone is 2. The van der Waals surface area contributed by atoms with Crippen LogP contribution in [0, 0.1) is 17.3 Å². The summed E-state index contributed by atoms with van der Waals surface area (Å²) in [5, 5.41) is 21.3. The van der Waals surface area contributed by atoms with Gasteiger partial charge in [0.25, 0.3) is 0 Å². The molecule has 55 heavy (non-hydrogen) atoms. The predicted molar refractivity (Wildman–Crippen MR) is 225 cm³/mol. The Balaban J connectivity index is 1.16. The van der Waals surface area contributed by atoms with E-state index in [1.165, 1.54) is 83.5 Å². The number of rotatable bonds is 31. The fourth-order valence-corrected chi connectivity index (χ4v) is 8.58. The lowest BCUT2D eigenvalue weighted by molar-refractivity contribution is -0.144. The normalized spacial score (nSPS) is 21.2. The van der Waals surface area contributed by atoms with Crippen LogP contribution in [0.15, 0.2) is 48.6 Å². The minimum Gasteiger partial charge on any atom is -0.494 e. The van der Waals surface area contributed by atoms with Crippen molar-refractivity contribution in [2.75, 3.05) is 19.8 Å². The first kappa shape index (κ1) is 47.0. The Bertz CT molecular complexity index is 1220. The summed E-state index contributed by atoms with van der Waals surface area (Å²) in [6.07, 6.45) is 33.3. The molecule has 0 aliphatic heterocycles. The lowest BCUT2D eigenvalue weighted by Gasteiger charge is -2.45. The number of halogens is 1. The second-order valence-corrected chi connectivity index (χ2v) is 16.8. The van der Waals surface area contributed by atoms with Gasteiger partial charge in [-0.05, 0) is 93.4 Å². The van der Waals surface area contributed by atoms with Crippen LogP contribution in [0.1, 0.15) is 178 Å². The molecular formula is C47H75ClO7. The van der Waals surface area contributed by atoms with Gasteiger partial charge in [0.1, 0.15) is 5.75 Å². The van der Waals surface area contributed by atoms with E-state index in [-0.39, 0.29) is 47.9 Å². The van der Waals surface area contributed by atoms with Crippen LogP contribution in [-0.4, -0.2) is 59.6 Å². The number of hydrogen-bond acceptors (Lipinski definition) is 7. The second kappa shape index (κ2) is 28.1. The summed E-state index contributed by atoms with van der Waals surface area (Å²) < 4.78 is 16.6. The van der Waals surface area contributed by atoms with E-state index in [4.69, 9.17) is 25.8 Å². The van der Waals surface area contributed by atoms with Crippen LogP contribution in [0.25, 0.3) is 0 Å². The van der Waals surface area contributed by atoms with Gasteiger partial charge in [-0.3, -0.25) is 4.79 Å². The third-order valence-corrected chi connectivity index (χ3v) is 12.6. The molecule has 7 nitrogen and oxygen atoms in total. The van der Waals surface area contributed by atoms with Crippen molar-refractivity contribution in [2.24, 2.45) is 17.3 Å². The van der Waals surface area contributed by atoms with Gasteiger partial charge in [0.05, 0.1) is 37.6 Å². The molecule has 0 unspecified atom stereocenters. The van der Waals surface area contributed by atoms with E-state index in [2.05, 4.69) is 32.1 Å². The number of esters is 2. The van der Waals surface area contributed by atoms with Gasteiger partial charge in [0.2, 0.25) is 0 Å². The van der Waals surface area contributed by atoms with Crippen molar-refractivity contribution in [1.29, 1.82) is 0 Å². The Morgan fingerprint density at radius 3 is 2.07 bits per heavy atom. The lowest BCUT2D eigenvalue weighted by Crippen LogP contribution is -2.40. The van der Waals surface area contributed by atoms with Crippen molar-refractivity contribution >= 4 is 23.5 Å². The van der Waals surface area contributed by atoms with Crippen molar-refractivity contribution in [3.8, 4) is 5.75 Å². The molecule has 0 radical (unpaired) electrons. The molecule has 0 spiro atoms. The fourth-order valence-electron chi connectivity index (χ4n) is 8.13. The zero-order chi connectivity index (χ0) is 39.6. The molecule has 0 bridgehead atoms. The van der Waals surface area contributed by atoms with E-state index < -0.39 is 12.1 Å². The SMILES string of the molecule is CCCCCCCCCCCCCCCOc1ccc(C(=O)OCCCOC(=O)CCCC=CC[C@@H]2[C@@H](C=CC[C@H](O)C3(CC)CCC3)[C@H](O)C[C@H]2Cl)cc1. The maximum absolute atomic E-state index is 12.4. The number of benzene rings is 1. The second-order valence-electron chi connectivity index (χ2n) is 16.2. The van der Waals surface area contributed by atoms with Crippen molar-refractivity contribution in [3.05, 3.63) is 54.1 Å². The summed E-state index contributed by atoms with van der Waals surface area (Å²) in [5.41, 5.74) is 0.548. The molecule has 0 aromatic heterocycles. The predicted octanol–water partition coefficient (Wildman–Crippen LogP) is 11.9. The van der Waals surface area contributed by atoms with Gasteiger partial charge in [0, 0.05) is 24.1 Å². The average molecular weight is 788 g/mol. The summed E-state index contributed by atoms with van der Waals surface area (Å²) in [7, 11) is 0. The van der Waals surface area contributed by atoms with Crippen molar-refractivity contribution in [1.82, 2.24) is 0 Å². The van der Waals surface area contributed by atoms with Crippen LogP contribution in [-0.2, 0) is 14.3 Å². The standard InChI is InChI=1S/C47H75ClO7/c1-3-5-6-7-8-9-10-11-12-13-14-17-20-34-53-39-30-28-38(29-31-39)46(52)55-36-23-35-54-45(51)27-19-16-15-18-24-40-41(43(49)37-42(40)48)25-21-26-44(50)47(4-2)32-22-33-47/h15,18,21,25,28-31,40-44,49-50H,3-14,16-17,19-20,22-24,26-27,32-37H2,1-2H3/t40-,41-,42-,43-,44+/m1/s1. The highest BCUT2D eigenvalue weighted by Gasteiger charge is 2.42. The number of aliphatic hydroxyl groups excluding tert-OH is 2. The lowest BCUT2D eigenvalue weighted by atomic mass is 9.63. The molecule has 2 aliphatic carbocycles. The van der Waals surface area contributed by atoms with Crippen LogP contribution < -0.4 is 4.74 Å². The molecule has 0 heterocycles. The first-order valence-corrected chi connectivity index (χ1v) is 22.6. The Morgan fingerprint density at radius 1 is 0.818 bits per heavy atom. The molecule has 0 amide bonds. The third-order valence-electron chi connectivity index (χ3n) is 12.1. The number of carbonyl (C=O) groups is 2. The van der Waals surface area contributed by atoms with Crippen LogP contribution in [0.5, 0.6) is 5.75 Å². The van der Waals surface area contributed by atoms with Gasteiger partial charge in [-0.15, -0.1) is 11.6 Å². The molecule has 1 aromatic rings. The highest BCUT2D eigenvalue weighted by Crippen LogP contribution is 2.48. The molecule has 2 N–H and O–H groups in total. The van der Waals surface area contributed by atoms with Crippen LogP contribution >= 0.6 is 11.6 Å². The van der Waals surface area contributed by atoms with Crippen LogP contribution in [0.4, 0.5) is 0 Å². The maximum atomic E-state index is 12.4. The third kappa shape index (κ3) is 18.2. The van der Waals surface area contributed by atoms with E-state index in [1.807, 2.05) is 18.2 Å². The van der Waals surface area contributed by atoms with Gasteiger partial charge < -0.3 is 24.4 Å².